The number of methoxy groups -OCH3 is 1. The average Bonchev–Trinajstić information content (AvgIpc) is 2.88. The summed E-state index contributed by atoms with van der Waals surface area (Å²) < 4.78 is 34.0. The van der Waals surface area contributed by atoms with Gasteiger partial charge in [0.2, 0.25) is 0 Å². The normalized spacial score (nSPS) is 11.0. The summed E-state index contributed by atoms with van der Waals surface area (Å²) in [5.41, 5.74) is 1.41. The number of hydrogen-bond acceptors (Lipinski definition) is 2. The molecule has 0 saturated heterocycles. The Kier molecular flexibility index (Phi) is 3.51. The van der Waals surface area contributed by atoms with Gasteiger partial charge in [-0.2, -0.15) is 0 Å². The predicted molar refractivity (Wildman–Crippen MR) is 77.1 cm³/mol. The van der Waals surface area contributed by atoms with Crippen LogP contribution < -0.4 is 4.74 Å². The third-order valence-electron chi connectivity index (χ3n) is 3.22. The van der Waals surface area contributed by atoms with Crippen molar-refractivity contribution in [3.63, 3.8) is 0 Å². The van der Waals surface area contributed by atoms with Crippen LogP contribution in [0.2, 0.25) is 0 Å². The number of ether oxygens (including phenoxy) is 1. The Labute approximate surface area is 124 Å². The zero-order valence-electron chi connectivity index (χ0n) is 11.1. The number of fused-ring (bicyclic) bond motifs is 1. The van der Waals surface area contributed by atoms with Crippen LogP contribution in [-0.4, -0.2) is 16.7 Å². The lowest BCUT2D eigenvalue weighted by molar-refractivity contribution is 0.386. The van der Waals surface area contributed by atoms with Crippen molar-refractivity contribution in [1.82, 2.24) is 9.55 Å². The minimum Gasteiger partial charge on any atom is -0.494 e. The van der Waals surface area contributed by atoms with E-state index < -0.39 is 11.6 Å². The van der Waals surface area contributed by atoms with Crippen LogP contribution in [0.3, 0.4) is 0 Å². The largest absolute Gasteiger partial charge is 0.494 e. The molecule has 0 atom stereocenters. The fourth-order valence-electron chi connectivity index (χ4n) is 2.28. The Hall–Kier alpha value is -2.14. The summed E-state index contributed by atoms with van der Waals surface area (Å²) in [6.07, 6.45) is 0. The number of hydrogen-bond donors (Lipinski definition) is 0. The molecule has 0 bridgehead atoms. The summed E-state index contributed by atoms with van der Waals surface area (Å²) >= 11 is 5.90. The molecule has 0 spiro atoms. The van der Waals surface area contributed by atoms with Crippen LogP contribution in [0.25, 0.3) is 16.7 Å². The molecular weight excluding hydrogens is 298 g/mol. The van der Waals surface area contributed by atoms with E-state index in [4.69, 9.17) is 16.3 Å². The minimum absolute atomic E-state index is 0.103. The summed E-state index contributed by atoms with van der Waals surface area (Å²) in [6, 6.07) is 9.05. The topological polar surface area (TPSA) is 27.1 Å². The first-order chi connectivity index (χ1) is 10.2. The lowest BCUT2D eigenvalue weighted by Crippen LogP contribution is -2.00. The van der Waals surface area contributed by atoms with Crippen LogP contribution in [0.4, 0.5) is 8.78 Å². The van der Waals surface area contributed by atoms with Gasteiger partial charge in [-0.15, -0.1) is 11.6 Å². The van der Waals surface area contributed by atoms with Gasteiger partial charge in [-0.25, -0.2) is 13.8 Å². The third kappa shape index (κ3) is 2.23. The van der Waals surface area contributed by atoms with Crippen molar-refractivity contribution in [2.75, 3.05) is 7.11 Å². The maximum Gasteiger partial charge on any atom is 0.165 e. The number of rotatable bonds is 3. The molecule has 21 heavy (non-hydrogen) atoms. The SMILES string of the molecule is COc1cc(-n2c(CCl)nc3c(F)cccc32)ccc1F. The van der Waals surface area contributed by atoms with E-state index in [0.717, 1.165) is 0 Å². The molecule has 0 amide bonds. The van der Waals surface area contributed by atoms with E-state index >= 15 is 0 Å². The number of para-hydroxylation sites is 1. The molecule has 1 heterocycles. The molecule has 0 fully saturated rings. The van der Waals surface area contributed by atoms with Crippen molar-refractivity contribution < 1.29 is 13.5 Å². The van der Waals surface area contributed by atoms with E-state index in [-0.39, 0.29) is 17.1 Å². The van der Waals surface area contributed by atoms with Crippen molar-refractivity contribution in [2.45, 2.75) is 5.88 Å². The molecule has 0 aliphatic rings. The number of aromatic nitrogens is 2. The number of halogens is 3. The van der Waals surface area contributed by atoms with Gasteiger partial charge in [0.15, 0.2) is 17.4 Å². The van der Waals surface area contributed by atoms with Crippen LogP contribution in [0.5, 0.6) is 5.75 Å². The van der Waals surface area contributed by atoms with Crippen LogP contribution >= 0.6 is 11.6 Å². The van der Waals surface area contributed by atoms with Gasteiger partial charge in [-0.1, -0.05) is 6.07 Å². The summed E-state index contributed by atoms with van der Waals surface area (Å²) in [4.78, 5) is 4.21. The van der Waals surface area contributed by atoms with Gasteiger partial charge in [0.25, 0.3) is 0 Å². The Balaban J connectivity index is 2.31. The van der Waals surface area contributed by atoms with Crippen LogP contribution in [0, 0.1) is 11.6 Å². The van der Waals surface area contributed by atoms with E-state index in [2.05, 4.69) is 4.98 Å². The molecule has 0 aliphatic heterocycles. The van der Waals surface area contributed by atoms with Crippen molar-refractivity contribution >= 4 is 22.6 Å². The second-order valence-corrected chi connectivity index (χ2v) is 4.69. The molecule has 3 rings (SSSR count). The Morgan fingerprint density at radius 3 is 2.71 bits per heavy atom. The summed E-state index contributed by atoms with van der Waals surface area (Å²) in [6.45, 7) is 0. The maximum absolute atomic E-state index is 13.8. The third-order valence-corrected chi connectivity index (χ3v) is 3.46. The fraction of sp³-hybridized carbons (Fsp3) is 0.133. The zero-order chi connectivity index (χ0) is 15.0. The number of alkyl halides is 1. The molecular formula is C15H11ClF2N2O. The molecule has 6 heteroatoms. The van der Waals surface area contributed by atoms with Gasteiger partial charge < -0.3 is 4.74 Å². The highest BCUT2D eigenvalue weighted by molar-refractivity contribution is 6.17. The second kappa shape index (κ2) is 5.33. The van der Waals surface area contributed by atoms with Gasteiger partial charge in [0, 0.05) is 6.07 Å². The first kappa shape index (κ1) is 13.8. The number of benzene rings is 2. The van der Waals surface area contributed by atoms with E-state index in [1.165, 1.54) is 25.3 Å². The summed E-state index contributed by atoms with van der Waals surface area (Å²) in [5.74, 6) is -0.207. The Bertz CT molecular complexity index is 817. The highest BCUT2D eigenvalue weighted by Gasteiger charge is 2.15. The van der Waals surface area contributed by atoms with Gasteiger partial charge in [-0.05, 0) is 24.3 Å². The number of nitrogens with zero attached hydrogens (tertiary/aromatic N) is 2. The zero-order valence-corrected chi connectivity index (χ0v) is 11.9. The van der Waals surface area contributed by atoms with Crippen molar-refractivity contribution in [3.8, 4) is 11.4 Å². The molecule has 0 aliphatic carbocycles. The molecule has 2 aromatic carbocycles. The molecule has 0 saturated carbocycles. The molecule has 0 unspecified atom stereocenters. The summed E-state index contributed by atoms with van der Waals surface area (Å²) in [5, 5.41) is 0. The predicted octanol–water partition coefficient (Wildman–Crippen LogP) is 4.05. The number of imidazole rings is 1. The Morgan fingerprint density at radius 2 is 2.00 bits per heavy atom. The minimum atomic E-state index is -0.468. The van der Waals surface area contributed by atoms with E-state index in [9.17, 15) is 8.78 Å². The lowest BCUT2D eigenvalue weighted by Gasteiger charge is -2.10. The first-order valence-corrected chi connectivity index (χ1v) is 6.75. The van der Waals surface area contributed by atoms with Crippen LogP contribution in [0.15, 0.2) is 36.4 Å². The van der Waals surface area contributed by atoms with Crippen LogP contribution in [-0.2, 0) is 5.88 Å². The molecule has 108 valence electrons. The second-order valence-electron chi connectivity index (χ2n) is 4.42. The standard InChI is InChI=1S/C15H11ClF2N2O/c1-21-13-7-9(5-6-10(13)17)20-12-4-2-3-11(18)15(12)19-14(20)8-16/h2-7H,8H2,1H3. The van der Waals surface area contributed by atoms with E-state index in [1.54, 1.807) is 22.8 Å². The molecule has 0 radical (unpaired) electrons. The lowest BCUT2D eigenvalue weighted by atomic mass is 10.2. The van der Waals surface area contributed by atoms with Gasteiger partial charge >= 0.3 is 0 Å². The van der Waals surface area contributed by atoms with E-state index in [1.807, 2.05) is 0 Å². The van der Waals surface area contributed by atoms with Crippen molar-refractivity contribution in [3.05, 3.63) is 53.9 Å². The molecule has 0 N–H and O–H groups in total. The smallest absolute Gasteiger partial charge is 0.165 e. The van der Waals surface area contributed by atoms with Crippen molar-refractivity contribution in [2.24, 2.45) is 0 Å². The van der Waals surface area contributed by atoms with Gasteiger partial charge in [0.1, 0.15) is 11.3 Å². The fourth-order valence-corrected chi connectivity index (χ4v) is 2.46. The highest BCUT2D eigenvalue weighted by Crippen LogP contribution is 2.27. The first-order valence-electron chi connectivity index (χ1n) is 6.21. The Morgan fingerprint density at radius 1 is 1.19 bits per heavy atom. The van der Waals surface area contributed by atoms with Crippen LogP contribution in [0.1, 0.15) is 5.82 Å². The van der Waals surface area contributed by atoms with Gasteiger partial charge in [0.05, 0.1) is 24.2 Å². The maximum atomic E-state index is 13.8. The van der Waals surface area contributed by atoms with Crippen molar-refractivity contribution in [1.29, 1.82) is 0 Å². The molecule has 1 aromatic heterocycles. The molecule has 3 aromatic rings. The molecule has 3 nitrogen and oxygen atoms in total. The monoisotopic (exact) mass is 308 g/mol. The average molecular weight is 309 g/mol. The van der Waals surface area contributed by atoms with E-state index in [0.29, 0.717) is 17.0 Å². The summed E-state index contributed by atoms with van der Waals surface area (Å²) in [7, 11) is 1.39. The quantitative estimate of drug-likeness (QED) is 0.683. The van der Waals surface area contributed by atoms with Gasteiger partial charge in [-0.3, -0.25) is 4.57 Å². The highest BCUT2D eigenvalue weighted by atomic mass is 35.5.